The van der Waals surface area contributed by atoms with E-state index < -0.39 is 17.5 Å². The summed E-state index contributed by atoms with van der Waals surface area (Å²) < 4.78 is 87.3. The molecule has 12 aromatic rings. The number of aromatic hydroxyl groups is 1. The molecule has 0 radical (unpaired) electrons. The lowest BCUT2D eigenvalue weighted by atomic mass is 10.0. The standard InChI is InChI=1S/C21H22F2N4O.C21H25FN4O2.C20H22F2N4O.C20H23FN4O2/c22-14-6-4-13(5-7-14)18-16-2-1-3-17(23)19(16)27-20(18)21(28)26-11-15-8-12(9-24)10-25-15;1-28-17-6-2-5-16-18(13-7-9-14(22)10-8-13)20(26-19(16)17)21(27)25-12-15(24)4-3-11-23;21-13-8-6-12(7-9-13)17-15-4-1-5-16(22)18(15)26-19(17)20(27)25-11-14(24)3-2-10-23;21-13-8-6-12(7-9-13)17-15-4-1-5-16(26)18(15)25-19(17)20(27)24-11-14(23)3-2-10-22/h1-7,12,15,25,27H,8-11,24H2,(H,26,28);2,5-10,15,26H,3-4,11-12,23-24H2,1H3,(H,25,27);1,4-9,14,26H,2-3,10-11,23-24H2,(H,25,27);1,4-9,14,25-26H,2-3,10-11,22-23H2,(H,24,27)/t12-,15+;15-;2*14-/m1000/s1. The van der Waals surface area contributed by atoms with Crippen LogP contribution in [0.3, 0.4) is 0 Å². The highest BCUT2D eigenvalue weighted by Crippen LogP contribution is 2.40. The normalized spacial score (nSPS) is 14.0. The summed E-state index contributed by atoms with van der Waals surface area (Å²) in [6.07, 6.45) is 5.43. The van der Waals surface area contributed by atoms with Gasteiger partial charge in [-0.1, -0.05) is 97.1 Å². The number of aromatic nitrogens is 4. The van der Waals surface area contributed by atoms with E-state index in [0.717, 1.165) is 56.0 Å². The highest BCUT2D eigenvalue weighted by Gasteiger charge is 2.28. The summed E-state index contributed by atoms with van der Waals surface area (Å²) in [7, 11) is 1.57. The molecule has 13 rings (SSSR count). The molecule has 0 bridgehead atoms. The van der Waals surface area contributed by atoms with Crippen molar-refractivity contribution in [1.29, 1.82) is 0 Å². The zero-order valence-electron chi connectivity index (χ0n) is 60.7. The van der Waals surface area contributed by atoms with E-state index in [9.17, 15) is 50.6 Å². The zero-order chi connectivity index (χ0) is 78.5. The number of halogens is 6. The third-order valence-corrected chi connectivity index (χ3v) is 18.9. The molecule has 5 heterocycles. The predicted molar refractivity (Wildman–Crippen MR) is 420 cm³/mol. The molecule has 1 saturated heterocycles. The molecular formula is C82H92F6N16O6. The Morgan fingerprint density at radius 1 is 0.436 bits per heavy atom. The van der Waals surface area contributed by atoms with Crippen LogP contribution in [0.1, 0.15) is 86.9 Å². The second-order valence-electron chi connectivity index (χ2n) is 26.8. The summed E-state index contributed by atoms with van der Waals surface area (Å²) in [4.78, 5) is 63.3. The van der Waals surface area contributed by atoms with Crippen molar-refractivity contribution >= 4 is 67.2 Å². The molecule has 4 aromatic heterocycles. The molecule has 8 aromatic carbocycles. The van der Waals surface area contributed by atoms with Gasteiger partial charge < -0.3 is 96.5 Å². The van der Waals surface area contributed by atoms with Crippen LogP contribution in [0.25, 0.3) is 88.1 Å². The van der Waals surface area contributed by atoms with Crippen molar-refractivity contribution in [2.75, 3.05) is 66.0 Å². The lowest BCUT2D eigenvalue weighted by Crippen LogP contribution is -2.37. The Bertz CT molecular complexity index is 4930. The maximum Gasteiger partial charge on any atom is 0.268 e. The average Bonchev–Trinajstić information content (AvgIpc) is 1.64. The second-order valence-corrected chi connectivity index (χ2v) is 26.8. The minimum absolute atomic E-state index is 0.0366. The van der Waals surface area contributed by atoms with Gasteiger partial charge in [0, 0.05) is 94.1 Å². The number of hydrogen-bond acceptors (Lipinski definition) is 14. The van der Waals surface area contributed by atoms with E-state index in [0.29, 0.717) is 141 Å². The van der Waals surface area contributed by atoms with E-state index in [-0.39, 0.29) is 99.9 Å². The van der Waals surface area contributed by atoms with Crippen molar-refractivity contribution in [2.45, 2.75) is 69.1 Å². The second kappa shape index (κ2) is 38.6. The number of methoxy groups -OCH3 is 1. The first-order chi connectivity index (χ1) is 53.1. The van der Waals surface area contributed by atoms with Crippen LogP contribution in [-0.4, -0.2) is 139 Å². The Hall–Kier alpha value is -11.3. The molecular weight excluding hydrogens is 1420 g/mol. The van der Waals surface area contributed by atoms with E-state index in [1.807, 2.05) is 18.2 Å². The Morgan fingerprint density at radius 2 is 0.755 bits per heavy atom. The molecule has 0 spiro atoms. The number of fused-ring (bicyclic) bond motifs is 4. The number of amides is 4. The van der Waals surface area contributed by atoms with E-state index in [1.165, 1.54) is 66.7 Å². The quantitative estimate of drug-likeness (QED) is 0.0213. The Kier molecular flexibility index (Phi) is 28.5. The van der Waals surface area contributed by atoms with Gasteiger partial charge in [0.15, 0.2) is 0 Å². The van der Waals surface area contributed by atoms with Crippen molar-refractivity contribution < 1.29 is 55.4 Å². The number of aromatic amines is 4. The first kappa shape index (κ1) is 81.2. The van der Waals surface area contributed by atoms with Gasteiger partial charge in [0.25, 0.3) is 23.6 Å². The molecule has 1 fully saturated rings. The SMILES string of the molecule is COc1cccc2c(-c3ccc(F)cc3)c(C(=O)NC[C@@H](N)CCCN)[nH]c12.NCCC[C@H](N)CNC(=O)c1[nH]c2c(F)cccc2c1-c1ccc(F)cc1.NCCC[C@H](N)CNC(=O)c1[nH]c2c(O)cccc2c1-c1ccc(F)cc1.NC[C@@H]1CN[C@H](CNC(=O)c2[nH]c3c(F)cccc3c2-c2ccc(F)cc2)C1. The zero-order valence-corrected chi connectivity index (χ0v) is 60.7. The number of carbonyl (C=O) groups excluding carboxylic acids is 4. The van der Waals surface area contributed by atoms with Crippen molar-refractivity contribution in [2.24, 2.45) is 46.1 Å². The van der Waals surface area contributed by atoms with Gasteiger partial charge in [-0.3, -0.25) is 19.2 Å². The molecule has 578 valence electrons. The van der Waals surface area contributed by atoms with Crippen LogP contribution >= 0.6 is 0 Å². The molecule has 4 amide bonds. The van der Waals surface area contributed by atoms with Gasteiger partial charge in [0.05, 0.1) is 29.2 Å². The lowest BCUT2D eigenvalue weighted by Gasteiger charge is -2.12. The smallest absolute Gasteiger partial charge is 0.268 e. The number of hydrogen-bond donors (Lipinski definition) is 17. The van der Waals surface area contributed by atoms with E-state index in [2.05, 4.69) is 46.5 Å². The molecule has 0 aliphatic carbocycles. The number of rotatable bonds is 27. The highest BCUT2D eigenvalue weighted by molar-refractivity contribution is 6.14. The molecule has 22 nitrogen and oxygen atoms in total. The molecule has 1 aliphatic heterocycles. The van der Waals surface area contributed by atoms with E-state index in [4.69, 9.17) is 44.9 Å². The molecule has 0 unspecified atom stereocenters. The first-order valence-electron chi connectivity index (χ1n) is 36.2. The van der Waals surface area contributed by atoms with Gasteiger partial charge in [-0.15, -0.1) is 0 Å². The van der Waals surface area contributed by atoms with Gasteiger partial charge in [0.1, 0.15) is 69.2 Å². The number of benzene rings is 8. The summed E-state index contributed by atoms with van der Waals surface area (Å²) in [5.74, 6) is -2.62. The molecule has 5 atom stereocenters. The van der Waals surface area contributed by atoms with Crippen LogP contribution < -0.4 is 71.5 Å². The first-order valence-corrected chi connectivity index (χ1v) is 36.2. The predicted octanol–water partition coefficient (Wildman–Crippen LogP) is 10.9. The van der Waals surface area contributed by atoms with Crippen molar-refractivity contribution in [3.8, 4) is 56.0 Å². The number of phenols is 1. The third-order valence-electron chi connectivity index (χ3n) is 18.9. The Balaban J connectivity index is 0.000000156. The number of carbonyl (C=O) groups is 4. The summed E-state index contributed by atoms with van der Waals surface area (Å²) in [5, 5.41) is 27.5. The van der Waals surface area contributed by atoms with Gasteiger partial charge in [-0.25, -0.2) is 26.3 Å². The minimum atomic E-state index is -0.463. The maximum atomic E-state index is 14.3. The van der Waals surface area contributed by atoms with Crippen LogP contribution in [0.15, 0.2) is 170 Å². The fraction of sp³-hybridized carbons (Fsp3) is 0.268. The van der Waals surface area contributed by atoms with Gasteiger partial charge in [-0.2, -0.15) is 0 Å². The largest absolute Gasteiger partial charge is 0.506 e. The van der Waals surface area contributed by atoms with Crippen LogP contribution in [0.2, 0.25) is 0 Å². The van der Waals surface area contributed by atoms with Crippen molar-refractivity contribution in [3.05, 3.63) is 228 Å². The summed E-state index contributed by atoms with van der Waals surface area (Å²) in [6, 6.07) is 43.0. The summed E-state index contributed by atoms with van der Waals surface area (Å²) >= 11 is 0. The average molecular weight is 1510 g/mol. The molecule has 0 saturated carbocycles. The van der Waals surface area contributed by atoms with Gasteiger partial charge in [-0.05, 0) is 179 Å². The van der Waals surface area contributed by atoms with Gasteiger partial charge in [0.2, 0.25) is 0 Å². The molecule has 28 heteroatoms. The fourth-order valence-electron chi connectivity index (χ4n) is 13.2. The van der Waals surface area contributed by atoms with Crippen molar-refractivity contribution in [3.63, 3.8) is 0 Å². The molecule has 110 heavy (non-hydrogen) atoms. The van der Waals surface area contributed by atoms with Crippen LogP contribution in [-0.2, 0) is 0 Å². The summed E-state index contributed by atoms with van der Waals surface area (Å²) in [6.45, 7) is 4.50. The van der Waals surface area contributed by atoms with Crippen molar-refractivity contribution in [1.82, 2.24) is 46.5 Å². The third kappa shape index (κ3) is 20.1. The summed E-state index contributed by atoms with van der Waals surface area (Å²) in [5.41, 5.74) is 48.0. The molecule has 1 aliphatic rings. The Morgan fingerprint density at radius 3 is 1.10 bits per heavy atom. The monoisotopic (exact) mass is 1510 g/mol. The lowest BCUT2D eigenvalue weighted by molar-refractivity contribution is 0.0939. The highest BCUT2D eigenvalue weighted by atomic mass is 19.1. The van der Waals surface area contributed by atoms with Gasteiger partial charge >= 0.3 is 0 Å². The number of nitrogens with two attached hydrogens (primary N) is 7. The molecule has 24 N–H and O–H groups in total. The minimum Gasteiger partial charge on any atom is -0.506 e. The number of ether oxygens (including phenoxy) is 1. The topological polar surface area (TPSA) is 403 Å². The maximum absolute atomic E-state index is 14.3. The number of nitrogens with one attached hydrogen (secondary N) is 9. The van der Waals surface area contributed by atoms with Crippen LogP contribution in [0, 0.1) is 40.8 Å². The fourth-order valence-corrected chi connectivity index (χ4v) is 13.2. The van der Waals surface area contributed by atoms with E-state index >= 15 is 0 Å². The number of H-pyrrole nitrogens is 4. The Labute approximate surface area is 631 Å². The number of phenolic OH excluding ortho intramolecular Hbond substituents is 1. The number of para-hydroxylation sites is 4. The van der Waals surface area contributed by atoms with E-state index in [1.54, 1.807) is 92.0 Å². The van der Waals surface area contributed by atoms with Crippen LogP contribution in [0.5, 0.6) is 11.5 Å². The van der Waals surface area contributed by atoms with Crippen LogP contribution in [0.4, 0.5) is 26.3 Å².